The van der Waals surface area contributed by atoms with E-state index >= 15 is 0 Å². The largest absolute Gasteiger partial charge is 0.368 e. The van der Waals surface area contributed by atoms with Crippen LogP contribution in [0.4, 0.5) is 15.6 Å². The molecule has 8 nitrogen and oxygen atoms in total. The predicted octanol–water partition coefficient (Wildman–Crippen LogP) is 1.89. The Balaban J connectivity index is 1.19. The monoisotopic (exact) mass is 386 g/mol. The molecule has 4 rings (SSSR count). The van der Waals surface area contributed by atoms with Gasteiger partial charge >= 0.3 is 6.03 Å². The first-order chi connectivity index (χ1) is 13.2. The number of urea groups is 1. The quantitative estimate of drug-likeness (QED) is 0.819. The Morgan fingerprint density at radius 3 is 2.52 bits per heavy atom. The van der Waals surface area contributed by atoms with Crippen molar-refractivity contribution in [2.75, 3.05) is 42.9 Å². The van der Waals surface area contributed by atoms with Crippen LogP contribution in [-0.2, 0) is 4.79 Å². The molecular formula is C18H22N6O2S. The molecule has 0 unspecified atom stereocenters. The van der Waals surface area contributed by atoms with Crippen LogP contribution in [0.1, 0.15) is 23.8 Å². The van der Waals surface area contributed by atoms with E-state index in [2.05, 4.69) is 37.9 Å². The lowest BCUT2D eigenvalue weighted by Crippen LogP contribution is -2.52. The summed E-state index contributed by atoms with van der Waals surface area (Å²) in [6, 6.07) is 9.95. The molecule has 1 saturated carbocycles. The Morgan fingerprint density at radius 1 is 1.07 bits per heavy atom. The molecule has 1 aliphatic carbocycles. The second kappa shape index (κ2) is 7.91. The Hall–Kier alpha value is -2.68. The number of anilines is 2. The minimum absolute atomic E-state index is 0.0733. The lowest BCUT2D eigenvalue weighted by Gasteiger charge is -2.36. The van der Waals surface area contributed by atoms with Crippen molar-refractivity contribution in [3.05, 3.63) is 35.3 Å². The smallest absolute Gasteiger partial charge is 0.317 e. The number of hydrogen-bond donors (Lipinski definition) is 2. The van der Waals surface area contributed by atoms with Crippen LogP contribution in [0.15, 0.2) is 30.3 Å². The normalized spacial score (nSPS) is 16.9. The zero-order valence-electron chi connectivity index (χ0n) is 14.9. The molecule has 1 aromatic carbocycles. The van der Waals surface area contributed by atoms with Crippen molar-refractivity contribution in [2.24, 2.45) is 0 Å². The van der Waals surface area contributed by atoms with Crippen molar-refractivity contribution >= 4 is 34.1 Å². The van der Waals surface area contributed by atoms with Gasteiger partial charge in [0.05, 0.1) is 6.54 Å². The number of rotatable bonds is 5. The summed E-state index contributed by atoms with van der Waals surface area (Å²) in [6.45, 7) is 2.74. The molecule has 2 N–H and O–H groups in total. The minimum Gasteiger partial charge on any atom is -0.368 e. The Kier molecular flexibility index (Phi) is 5.19. The third-order valence-electron chi connectivity index (χ3n) is 4.70. The van der Waals surface area contributed by atoms with Crippen molar-refractivity contribution in [1.29, 1.82) is 0 Å². The summed E-state index contributed by atoms with van der Waals surface area (Å²) in [6.07, 6.45) is 2.30. The highest BCUT2D eigenvalue weighted by Gasteiger charge is 2.28. The van der Waals surface area contributed by atoms with Crippen LogP contribution in [0.2, 0.25) is 0 Å². The average molecular weight is 386 g/mol. The first kappa shape index (κ1) is 17.7. The van der Waals surface area contributed by atoms with E-state index in [-0.39, 0.29) is 18.5 Å². The van der Waals surface area contributed by atoms with E-state index in [0.717, 1.165) is 30.9 Å². The maximum atomic E-state index is 12.3. The highest BCUT2D eigenvalue weighted by molar-refractivity contribution is 7.15. The maximum Gasteiger partial charge on any atom is 0.317 e. The van der Waals surface area contributed by atoms with E-state index in [1.807, 2.05) is 18.2 Å². The topological polar surface area (TPSA) is 90.5 Å². The number of benzene rings is 1. The van der Waals surface area contributed by atoms with Crippen LogP contribution in [0.5, 0.6) is 0 Å². The molecule has 2 aromatic rings. The summed E-state index contributed by atoms with van der Waals surface area (Å²) in [5.41, 5.74) is 1.17. The Bertz CT molecular complexity index is 799. The average Bonchev–Trinajstić information content (AvgIpc) is 3.46. The fourth-order valence-electron chi connectivity index (χ4n) is 3.02. The molecule has 2 heterocycles. The van der Waals surface area contributed by atoms with Gasteiger partial charge in [0.1, 0.15) is 5.01 Å². The number of piperazine rings is 1. The highest BCUT2D eigenvalue weighted by Crippen LogP contribution is 2.41. The van der Waals surface area contributed by atoms with Crippen LogP contribution in [0, 0.1) is 0 Å². The van der Waals surface area contributed by atoms with Crippen molar-refractivity contribution in [3.8, 4) is 0 Å². The molecule has 1 saturated heterocycles. The lowest BCUT2D eigenvalue weighted by atomic mass is 10.2. The molecule has 1 aliphatic heterocycles. The highest BCUT2D eigenvalue weighted by atomic mass is 32.1. The van der Waals surface area contributed by atoms with Gasteiger partial charge in [-0.1, -0.05) is 29.5 Å². The van der Waals surface area contributed by atoms with Gasteiger partial charge in [0, 0.05) is 37.8 Å². The van der Waals surface area contributed by atoms with Gasteiger partial charge in [-0.05, 0) is 25.0 Å². The molecular weight excluding hydrogens is 364 g/mol. The molecule has 9 heteroatoms. The summed E-state index contributed by atoms with van der Waals surface area (Å²) in [5, 5.41) is 14.9. The molecule has 0 spiro atoms. The number of carbonyl (C=O) groups is 2. The van der Waals surface area contributed by atoms with Gasteiger partial charge in [0.2, 0.25) is 11.0 Å². The number of hydrogen-bond acceptors (Lipinski definition) is 6. The summed E-state index contributed by atoms with van der Waals surface area (Å²) in [5.74, 6) is 0.229. The van der Waals surface area contributed by atoms with Crippen LogP contribution < -0.4 is 15.5 Å². The predicted molar refractivity (Wildman–Crippen MR) is 104 cm³/mol. The van der Waals surface area contributed by atoms with E-state index in [0.29, 0.717) is 24.1 Å². The number of nitrogens with one attached hydrogen (secondary N) is 2. The van der Waals surface area contributed by atoms with Crippen molar-refractivity contribution in [3.63, 3.8) is 0 Å². The summed E-state index contributed by atoms with van der Waals surface area (Å²) in [4.78, 5) is 28.3. The zero-order valence-corrected chi connectivity index (χ0v) is 15.7. The van der Waals surface area contributed by atoms with Gasteiger partial charge in [-0.15, -0.1) is 10.2 Å². The zero-order chi connectivity index (χ0) is 18.6. The van der Waals surface area contributed by atoms with E-state index in [9.17, 15) is 9.59 Å². The van der Waals surface area contributed by atoms with Gasteiger partial charge in [-0.2, -0.15) is 0 Å². The fourth-order valence-corrected chi connectivity index (χ4v) is 3.95. The van der Waals surface area contributed by atoms with Crippen LogP contribution in [-0.4, -0.2) is 59.8 Å². The van der Waals surface area contributed by atoms with Crippen molar-refractivity contribution in [2.45, 2.75) is 18.8 Å². The van der Waals surface area contributed by atoms with Gasteiger partial charge in [-0.25, -0.2) is 4.79 Å². The SMILES string of the molecule is O=C(CNC(=O)N1CCN(c2ccccc2)CC1)Nc1nnc(C2CC2)s1. The van der Waals surface area contributed by atoms with E-state index in [4.69, 9.17) is 0 Å². The van der Waals surface area contributed by atoms with E-state index in [1.54, 1.807) is 4.90 Å². The number of para-hydroxylation sites is 1. The van der Waals surface area contributed by atoms with Gasteiger partial charge in [-0.3, -0.25) is 10.1 Å². The molecule has 2 aliphatic rings. The molecule has 2 fully saturated rings. The molecule has 0 atom stereocenters. The lowest BCUT2D eigenvalue weighted by molar-refractivity contribution is -0.115. The number of aromatic nitrogens is 2. The molecule has 0 radical (unpaired) electrons. The van der Waals surface area contributed by atoms with Gasteiger partial charge < -0.3 is 15.1 Å². The third kappa shape index (κ3) is 4.54. The van der Waals surface area contributed by atoms with E-state index in [1.165, 1.54) is 17.0 Å². The number of nitrogens with zero attached hydrogens (tertiary/aromatic N) is 4. The van der Waals surface area contributed by atoms with Gasteiger partial charge in [0.15, 0.2) is 0 Å². The second-order valence-electron chi connectivity index (χ2n) is 6.74. The molecule has 142 valence electrons. The van der Waals surface area contributed by atoms with Crippen molar-refractivity contribution < 1.29 is 9.59 Å². The second-order valence-corrected chi connectivity index (χ2v) is 7.75. The molecule has 3 amide bonds. The first-order valence-corrected chi connectivity index (χ1v) is 9.97. The summed E-state index contributed by atoms with van der Waals surface area (Å²) < 4.78 is 0. The summed E-state index contributed by atoms with van der Waals surface area (Å²) in [7, 11) is 0. The first-order valence-electron chi connectivity index (χ1n) is 9.15. The van der Waals surface area contributed by atoms with Crippen LogP contribution in [0.3, 0.4) is 0 Å². The Morgan fingerprint density at radius 2 is 1.81 bits per heavy atom. The maximum absolute atomic E-state index is 12.3. The molecule has 0 bridgehead atoms. The fraction of sp³-hybridized carbons (Fsp3) is 0.444. The van der Waals surface area contributed by atoms with Gasteiger partial charge in [0.25, 0.3) is 0 Å². The number of carbonyl (C=O) groups excluding carboxylic acids is 2. The standard InChI is InChI=1S/C18H22N6O2S/c25-15(20-17-22-21-16(27-17)13-6-7-13)12-19-18(26)24-10-8-23(9-11-24)14-4-2-1-3-5-14/h1-5,13H,6-12H2,(H,19,26)(H,20,22,25). The molecule has 1 aromatic heterocycles. The Labute approximate surface area is 161 Å². The molecule has 27 heavy (non-hydrogen) atoms. The van der Waals surface area contributed by atoms with E-state index < -0.39 is 0 Å². The number of amides is 3. The van der Waals surface area contributed by atoms with Crippen molar-refractivity contribution in [1.82, 2.24) is 20.4 Å². The summed E-state index contributed by atoms with van der Waals surface area (Å²) >= 11 is 1.41. The van der Waals surface area contributed by atoms with Crippen LogP contribution in [0.25, 0.3) is 0 Å². The third-order valence-corrected chi connectivity index (χ3v) is 5.70. The minimum atomic E-state index is -0.287. The van der Waals surface area contributed by atoms with Crippen LogP contribution >= 0.6 is 11.3 Å².